The Morgan fingerprint density at radius 3 is 2.75 bits per heavy atom. The van der Waals surface area contributed by atoms with E-state index in [-0.39, 0.29) is 6.04 Å². The third-order valence-electron chi connectivity index (χ3n) is 3.30. The molecular formula is C15H23N5. The molecule has 0 aromatic carbocycles. The fraction of sp³-hybridized carbons (Fsp3) is 0.533. The third-order valence-corrected chi connectivity index (χ3v) is 3.30. The first kappa shape index (κ1) is 14.7. The molecule has 0 bridgehead atoms. The summed E-state index contributed by atoms with van der Waals surface area (Å²) in [6, 6.07) is 2.23. The third kappa shape index (κ3) is 3.22. The van der Waals surface area contributed by atoms with Crippen molar-refractivity contribution in [3.05, 3.63) is 41.0 Å². The number of aryl methyl sites for hydroxylation is 3. The Labute approximate surface area is 120 Å². The highest BCUT2D eigenvalue weighted by Gasteiger charge is 2.18. The average molecular weight is 273 g/mol. The standard InChI is InChI=1S/C15H23N5/c1-5-7-20-10-13(9-17-20)15(16-6-2)14-8-11(3)18-19-12(14)4/h8-10,15-16H,5-7H2,1-4H3. The van der Waals surface area contributed by atoms with E-state index >= 15 is 0 Å². The van der Waals surface area contributed by atoms with Crippen LogP contribution in [-0.4, -0.2) is 26.5 Å². The van der Waals surface area contributed by atoms with Crippen LogP contribution in [0.15, 0.2) is 18.5 Å². The van der Waals surface area contributed by atoms with Crippen molar-refractivity contribution < 1.29 is 0 Å². The van der Waals surface area contributed by atoms with Gasteiger partial charge in [0, 0.05) is 18.3 Å². The molecule has 0 aliphatic rings. The second-order valence-corrected chi connectivity index (χ2v) is 5.05. The van der Waals surface area contributed by atoms with Gasteiger partial charge >= 0.3 is 0 Å². The summed E-state index contributed by atoms with van der Waals surface area (Å²) in [4.78, 5) is 0. The molecule has 0 aliphatic carbocycles. The highest BCUT2D eigenvalue weighted by atomic mass is 15.3. The van der Waals surface area contributed by atoms with Gasteiger partial charge in [0.05, 0.1) is 23.6 Å². The van der Waals surface area contributed by atoms with Crippen molar-refractivity contribution in [1.29, 1.82) is 0 Å². The number of hydrogen-bond donors (Lipinski definition) is 1. The maximum Gasteiger partial charge on any atom is 0.0651 e. The van der Waals surface area contributed by atoms with Crippen molar-refractivity contribution >= 4 is 0 Å². The Balaban J connectivity index is 2.36. The molecule has 5 nitrogen and oxygen atoms in total. The maximum atomic E-state index is 4.43. The van der Waals surface area contributed by atoms with E-state index < -0.39 is 0 Å². The van der Waals surface area contributed by atoms with E-state index in [0.717, 1.165) is 30.9 Å². The Bertz CT molecular complexity index is 561. The van der Waals surface area contributed by atoms with Crippen LogP contribution in [0.3, 0.4) is 0 Å². The molecule has 20 heavy (non-hydrogen) atoms. The zero-order valence-corrected chi connectivity index (χ0v) is 12.7. The predicted octanol–water partition coefficient (Wildman–Crippen LogP) is 2.40. The Morgan fingerprint density at radius 2 is 2.05 bits per heavy atom. The van der Waals surface area contributed by atoms with Gasteiger partial charge in [-0.3, -0.25) is 4.68 Å². The monoisotopic (exact) mass is 273 g/mol. The summed E-state index contributed by atoms with van der Waals surface area (Å²) in [5.41, 5.74) is 4.26. The smallest absolute Gasteiger partial charge is 0.0651 e. The number of rotatable bonds is 6. The van der Waals surface area contributed by atoms with Crippen molar-refractivity contribution in [3.8, 4) is 0 Å². The number of hydrogen-bond acceptors (Lipinski definition) is 4. The number of nitrogens with zero attached hydrogens (tertiary/aromatic N) is 4. The van der Waals surface area contributed by atoms with Crippen LogP contribution in [0.25, 0.3) is 0 Å². The van der Waals surface area contributed by atoms with Gasteiger partial charge in [0.1, 0.15) is 0 Å². The summed E-state index contributed by atoms with van der Waals surface area (Å²) in [5.74, 6) is 0. The minimum Gasteiger partial charge on any atom is -0.306 e. The molecule has 0 spiro atoms. The quantitative estimate of drug-likeness (QED) is 0.878. The average Bonchev–Trinajstić information content (AvgIpc) is 2.88. The van der Waals surface area contributed by atoms with Gasteiger partial charge < -0.3 is 5.32 Å². The molecule has 108 valence electrons. The molecule has 0 radical (unpaired) electrons. The molecule has 1 atom stereocenters. The van der Waals surface area contributed by atoms with Gasteiger partial charge in [0.25, 0.3) is 0 Å². The molecule has 2 heterocycles. The normalized spacial score (nSPS) is 12.6. The van der Waals surface area contributed by atoms with Gasteiger partial charge in [-0.1, -0.05) is 13.8 Å². The Kier molecular flexibility index (Phi) is 4.84. The van der Waals surface area contributed by atoms with Crippen LogP contribution >= 0.6 is 0 Å². The summed E-state index contributed by atoms with van der Waals surface area (Å²) in [6.45, 7) is 10.1. The molecular weight excluding hydrogens is 250 g/mol. The van der Waals surface area contributed by atoms with Gasteiger partial charge in [-0.15, -0.1) is 0 Å². The largest absolute Gasteiger partial charge is 0.306 e. The summed E-state index contributed by atoms with van der Waals surface area (Å²) in [5, 5.41) is 16.3. The van der Waals surface area contributed by atoms with Gasteiger partial charge in [-0.2, -0.15) is 15.3 Å². The minimum atomic E-state index is 0.125. The van der Waals surface area contributed by atoms with Crippen molar-refractivity contribution in [2.24, 2.45) is 0 Å². The van der Waals surface area contributed by atoms with Gasteiger partial charge in [0.15, 0.2) is 0 Å². The molecule has 1 N–H and O–H groups in total. The lowest BCUT2D eigenvalue weighted by atomic mass is 10.00. The molecule has 5 heteroatoms. The molecule has 2 rings (SSSR count). The second kappa shape index (κ2) is 6.61. The summed E-state index contributed by atoms with van der Waals surface area (Å²) in [6.07, 6.45) is 5.14. The lowest BCUT2D eigenvalue weighted by molar-refractivity contribution is 0.595. The molecule has 0 fully saturated rings. The lowest BCUT2D eigenvalue weighted by Crippen LogP contribution is -2.23. The maximum absolute atomic E-state index is 4.43. The topological polar surface area (TPSA) is 55.6 Å². The SMILES string of the molecule is CCCn1cc(C(NCC)c2cc(C)nnc2C)cn1. The van der Waals surface area contributed by atoms with Crippen LogP contribution in [0, 0.1) is 13.8 Å². The van der Waals surface area contributed by atoms with Crippen LogP contribution in [-0.2, 0) is 6.54 Å². The van der Waals surface area contributed by atoms with Crippen molar-refractivity contribution in [2.75, 3.05) is 6.54 Å². The van der Waals surface area contributed by atoms with E-state index in [9.17, 15) is 0 Å². The molecule has 2 aromatic heterocycles. The molecule has 0 amide bonds. The van der Waals surface area contributed by atoms with Crippen LogP contribution in [0.4, 0.5) is 0 Å². The van der Waals surface area contributed by atoms with Crippen LogP contribution < -0.4 is 5.32 Å². The Hall–Kier alpha value is -1.75. The summed E-state index contributed by atoms with van der Waals surface area (Å²) < 4.78 is 2.00. The van der Waals surface area contributed by atoms with E-state index in [4.69, 9.17) is 0 Å². The van der Waals surface area contributed by atoms with Gasteiger partial charge in [0.2, 0.25) is 0 Å². The number of nitrogens with one attached hydrogen (secondary N) is 1. The van der Waals surface area contributed by atoms with E-state index in [1.807, 2.05) is 24.7 Å². The predicted molar refractivity (Wildman–Crippen MR) is 79.5 cm³/mol. The molecule has 0 aliphatic heterocycles. The van der Waals surface area contributed by atoms with E-state index in [1.165, 1.54) is 11.1 Å². The molecule has 2 aromatic rings. The molecule has 0 saturated carbocycles. The number of aromatic nitrogens is 4. The zero-order chi connectivity index (χ0) is 14.5. The van der Waals surface area contributed by atoms with E-state index in [1.54, 1.807) is 0 Å². The van der Waals surface area contributed by atoms with Gasteiger partial charge in [-0.05, 0) is 38.4 Å². The van der Waals surface area contributed by atoms with Crippen LogP contribution in [0.5, 0.6) is 0 Å². The molecule has 0 saturated heterocycles. The molecule has 1 unspecified atom stereocenters. The van der Waals surface area contributed by atoms with Crippen LogP contribution in [0.1, 0.15) is 48.8 Å². The lowest BCUT2D eigenvalue weighted by Gasteiger charge is -2.18. The zero-order valence-electron chi connectivity index (χ0n) is 12.7. The first-order valence-corrected chi connectivity index (χ1v) is 7.22. The first-order chi connectivity index (χ1) is 9.65. The van der Waals surface area contributed by atoms with Gasteiger partial charge in [-0.25, -0.2) is 0 Å². The highest BCUT2D eigenvalue weighted by molar-refractivity contribution is 5.32. The fourth-order valence-corrected chi connectivity index (χ4v) is 2.35. The summed E-state index contributed by atoms with van der Waals surface area (Å²) >= 11 is 0. The van der Waals surface area contributed by atoms with E-state index in [0.29, 0.717) is 0 Å². The Morgan fingerprint density at radius 1 is 1.25 bits per heavy atom. The summed E-state index contributed by atoms with van der Waals surface area (Å²) in [7, 11) is 0. The van der Waals surface area contributed by atoms with Crippen molar-refractivity contribution in [3.63, 3.8) is 0 Å². The second-order valence-electron chi connectivity index (χ2n) is 5.05. The van der Waals surface area contributed by atoms with Crippen molar-refractivity contribution in [2.45, 2.75) is 46.7 Å². The van der Waals surface area contributed by atoms with Crippen molar-refractivity contribution in [1.82, 2.24) is 25.3 Å². The highest BCUT2D eigenvalue weighted by Crippen LogP contribution is 2.23. The van der Waals surface area contributed by atoms with E-state index in [2.05, 4.69) is 46.7 Å². The minimum absolute atomic E-state index is 0.125. The fourth-order valence-electron chi connectivity index (χ4n) is 2.35. The first-order valence-electron chi connectivity index (χ1n) is 7.22. The van der Waals surface area contributed by atoms with Crippen LogP contribution in [0.2, 0.25) is 0 Å².